The lowest BCUT2D eigenvalue weighted by atomic mass is 10.1. The van der Waals surface area contributed by atoms with Crippen LogP contribution in [0.4, 0.5) is 5.82 Å². The summed E-state index contributed by atoms with van der Waals surface area (Å²) < 4.78 is 10.6. The Labute approximate surface area is 164 Å². The van der Waals surface area contributed by atoms with Gasteiger partial charge in [-0.15, -0.1) is 11.3 Å². The highest BCUT2D eigenvalue weighted by Gasteiger charge is 2.24. The second-order valence-corrected chi connectivity index (χ2v) is 8.71. The lowest BCUT2D eigenvalue weighted by Crippen LogP contribution is -2.36. The third-order valence-corrected chi connectivity index (χ3v) is 5.43. The smallest absolute Gasteiger partial charge is 0.348 e. The molecule has 3 rings (SSSR count). The van der Waals surface area contributed by atoms with Gasteiger partial charge < -0.3 is 14.8 Å². The quantitative estimate of drug-likeness (QED) is 0.783. The number of hydrogen-bond donors (Lipinski definition) is 1. The summed E-state index contributed by atoms with van der Waals surface area (Å²) in [6, 6.07) is 0. The number of ether oxygens (including phenoxy) is 2. The number of thiophene rings is 1. The van der Waals surface area contributed by atoms with Crippen LogP contribution >= 0.6 is 11.3 Å². The van der Waals surface area contributed by atoms with E-state index in [1.54, 1.807) is 0 Å². The molecule has 2 aromatic rings. The lowest BCUT2D eigenvalue weighted by molar-refractivity contribution is 0.0331. The third kappa shape index (κ3) is 4.75. The topological polar surface area (TPSA) is 76.6 Å². The highest BCUT2D eigenvalue weighted by Crippen LogP contribution is 2.35. The van der Waals surface area contributed by atoms with Gasteiger partial charge in [0.25, 0.3) is 0 Å². The van der Waals surface area contributed by atoms with Crippen molar-refractivity contribution in [1.29, 1.82) is 0 Å². The summed E-state index contributed by atoms with van der Waals surface area (Å²) >= 11 is 1.38. The number of esters is 1. The van der Waals surface area contributed by atoms with Gasteiger partial charge in [0.1, 0.15) is 21.3 Å². The average Bonchev–Trinajstić information content (AvgIpc) is 2.92. The second kappa shape index (κ2) is 8.08. The van der Waals surface area contributed by atoms with Crippen LogP contribution in [-0.4, -0.2) is 59.3 Å². The van der Waals surface area contributed by atoms with Gasteiger partial charge >= 0.3 is 5.97 Å². The van der Waals surface area contributed by atoms with E-state index < -0.39 is 0 Å². The van der Waals surface area contributed by atoms with E-state index in [0.29, 0.717) is 18.0 Å². The van der Waals surface area contributed by atoms with E-state index in [2.05, 4.69) is 31.0 Å². The maximum absolute atomic E-state index is 12.3. The van der Waals surface area contributed by atoms with Gasteiger partial charge in [0.05, 0.1) is 31.8 Å². The summed E-state index contributed by atoms with van der Waals surface area (Å²) in [4.78, 5) is 25.6. The largest absolute Gasteiger partial charge is 0.462 e. The number of anilines is 1. The van der Waals surface area contributed by atoms with E-state index in [1.807, 2.05) is 13.8 Å². The van der Waals surface area contributed by atoms with Gasteiger partial charge in [-0.3, -0.25) is 4.90 Å². The van der Waals surface area contributed by atoms with E-state index in [-0.39, 0.29) is 11.5 Å². The van der Waals surface area contributed by atoms with E-state index in [4.69, 9.17) is 19.4 Å². The van der Waals surface area contributed by atoms with Gasteiger partial charge in [-0.2, -0.15) is 0 Å². The first kappa shape index (κ1) is 20.0. The fraction of sp³-hybridized carbons (Fsp3) is 0.632. The molecule has 0 unspecified atom stereocenters. The van der Waals surface area contributed by atoms with Crippen molar-refractivity contribution in [2.24, 2.45) is 0 Å². The van der Waals surface area contributed by atoms with Crippen molar-refractivity contribution >= 4 is 33.3 Å². The fourth-order valence-corrected chi connectivity index (χ4v) is 4.14. The summed E-state index contributed by atoms with van der Waals surface area (Å²) in [5, 5.41) is 4.39. The molecule has 2 aromatic heterocycles. The summed E-state index contributed by atoms with van der Waals surface area (Å²) in [6.07, 6.45) is 0. The van der Waals surface area contributed by atoms with Crippen molar-refractivity contribution in [1.82, 2.24) is 14.9 Å². The molecule has 3 heterocycles. The van der Waals surface area contributed by atoms with Crippen LogP contribution in [0.2, 0.25) is 0 Å². The van der Waals surface area contributed by atoms with Crippen molar-refractivity contribution in [2.45, 2.75) is 46.7 Å². The maximum Gasteiger partial charge on any atom is 0.348 e. The molecule has 0 bridgehead atoms. The molecule has 1 aliphatic rings. The van der Waals surface area contributed by atoms with E-state index >= 15 is 0 Å². The molecule has 27 heavy (non-hydrogen) atoms. The van der Waals surface area contributed by atoms with Gasteiger partial charge in [0, 0.05) is 18.6 Å². The van der Waals surface area contributed by atoms with Crippen LogP contribution in [-0.2, 0) is 16.0 Å². The number of carbonyl (C=O) groups is 1. The Bertz CT molecular complexity index is 822. The molecule has 0 atom stereocenters. The summed E-state index contributed by atoms with van der Waals surface area (Å²) in [7, 11) is 0. The molecule has 0 radical (unpaired) electrons. The van der Waals surface area contributed by atoms with E-state index in [1.165, 1.54) is 11.3 Å². The Hall–Kier alpha value is -1.77. The number of aromatic nitrogens is 2. The number of aryl methyl sites for hydroxylation is 1. The number of carbonyl (C=O) groups excluding carboxylic acids is 1. The van der Waals surface area contributed by atoms with Crippen molar-refractivity contribution < 1.29 is 14.3 Å². The summed E-state index contributed by atoms with van der Waals surface area (Å²) in [5.74, 6) is 1.24. The predicted molar refractivity (Wildman–Crippen MR) is 108 cm³/mol. The molecule has 1 saturated heterocycles. The lowest BCUT2D eigenvalue weighted by Gasteiger charge is -2.26. The van der Waals surface area contributed by atoms with Crippen LogP contribution in [0.25, 0.3) is 10.2 Å². The third-order valence-electron chi connectivity index (χ3n) is 4.26. The van der Waals surface area contributed by atoms with E-state index in [9.17, 15) is 4.79 Å². The van der Waals surface area contributed by atoms with Crippen LogP contribution < -0.4 is 5.32 Å². The Morgan fingerprint density at radius 2 is 2.00 bits per heavy atom. The summed E-state index contributed by atoms with van der Waals surface area (Å²) in [5.41, 5.74) is 0.717. The highest BCUT2D eigenvalue weighted by atomic mass is 32.1. The second-order valence-electron chi connectivity index (χ2n) is 7.71. The highest BCUT2D eigenvalue weighted by molar-refractivity contribution is 7.20. The zero-order chi connectivity index (χ0) is 19.6. The normalized spacial score (nSPS) is 15.9. The number of morpholine rings is 1. The monoisotopic (exact) mass is 392 g/mol. The first-order chi connectivity index (χ1) is 12.8. The molecule has 8 heteroatoms. The van der Waals surface area contributed by atoms with E-state index in [0.717, 1.165) is 53.7 Å². The average molecular weight is 393 g/mol. The molecule has 1 N–H and O–H groups in total. The van der Waals surface area contributed by atoms with Gasteiger partial charge in [-0.05, 0) is 40.2 Å². The molecule has 7 nitrogen and oxygen atoms in total. The maximum atomic E-state index is 12.3. The van der Waals surface area contributed by atoms with Crippen LogP contribution in [0.3, 0.4) is 0 Å². The van der Waals surface area contributed by atoms with Crippen molar-refractivity contribution in [3.05, 3.63) is 16.3 Å². The first-order valence-corrected chi connectivity index (χ1v) is 10.2. The molecule has 0 spiro atoms. The Morgan fingerprint density at radius 1 is 1.30 bits per heavy atom. The van der Waals surface area contributed by atoms with Gasteiger partial charge in [-0.25, -0.2) is 14.8 Å². The van der Waals surface area contributed by atoms with Crippen molar-refractivity contribution in [3.8, 4) is 0 Å². The molecule has 0 aromatic carbocycles. The zero-order valence-corrected chi connectivity index (χ0v) is 17.5. The van der Waals surface area contributed by atoms with Crippen molar-refractivity contribution in [2.75, 3.05) is 38.2 Å². The SMILES string of the molecule is CCOC(=O)c1sc2nc(CN3CCOCC3)nc(NC(C)(C)C)c2c1C. The summed E-state index contributed by atoms with van der Waals surface area (Å²) in [6.45, 7) is 14.3. The molecule has 0 amide bonds. The van der Waals surface area contributed by atoms with Crippen LogP contribution in [0.5, 0.6) is 0 Å². The zero-order valence-electron chi connectivity index (χ0n) is 16.7. The number of nitrogens with one attached hydrogen (secondary N) is 1. The molecule has 1 aliphatic heterocycles. The van der Waals surface area contributed by atoms with Crippen LogP contribution in [0, 0.1) is 6.92 Å². The first-order valence-electron chi connectivity index (χ1n) is 9.34. The number of hydrogen-bond acceptors (Lipinski definition) is 8. The van der Waals surface area contributed by atoms with Gasteiger partial charge in [0.15, 0.2) is 0 Å². The molecular weight excluding hydrogens is 364 g/mol. The number of fused-ring (bicyclic) bond motifs is 1. The Morgan fingerprint density at radius 3 is 2.63 bits per heavy atom. The molecule has 0 saturated carbocycles. The fourth-order valence-electron chi connectivity index (χ4n) is 3.05. The van der Waals surface area contributed by atoms with Crippen LogP contribution in [0.1, 0.15) is 48.8 Å². The number of rotatable bonds is 5. The number of nitrogens with zero attached hydrogens (tertiary/aromatic N) is 3. The van der Waals surface area contributed by atoms with Gasteiger partial charge in [0.2, 0.25) is 0 Å². The Kier molecular flexibility index (Phi) is 5.98. The Balaban J connectivity index is 2.03. The molecular formula is C19H28N4O3S. The van der Waals surface area contributed by atoms with Gasteiger partial charge in [-0.1, -0.05) is 0 Å². The minimum Gasteiger partial charge on any atom is -0.462 e. The van der Waals surface area contributed by atoms with Crippen molar-refractivity contribution in [3.63, 3.8) is 0 Å². The predicted octanol–water partition coefficient (Wildman–Crippen LogP) is 3.22. The standard InChI is InChI=1S/C19H28N4O3S/c1-6-26-18(24)15-12(2)14-16(22-19(3,4)5)20-13(21-17(14)27-15)11-23-7-9-25-10-8-23/h6-11H2,1-5H3,(H,20,21,22). The molecule has 148 valence electrons. The van der Waals surface area contributed by atoms with Crippen LogP contribution in [0.15, 0.2) is 0 Å². The molecule has 0 aliphatic carbocycles. The minimum atomic E-state index is -0.297. The minimum absolute atomic E-state index is 0.157. The molecule has 1 fully saturated rings.